The lowest BCUT2D eigenvalue weighted by atomic mass is 10.0. The van der Waals surface area contributed by atoms with E-state index in [-0.39, 0.29) is 41.1 Å². The summed E-state index contributed by atoms with van der Waals surface area (Å²) in [4.78, 5) is 0.0217. The Morgan fingerprint density at radius 3 is 2.52 bits per heavy atom. The summed E-state index contributed by atoms with van der Waals surface area (Å²) in [7, 11) is -7.14. The van der Waals surface area contributed by atoms with Gasteiger partial charge in [0.1, 0.15) is 10.6 Å². The quantitative estimate of drug-likeness (QED) is 0.738. The minimum absolute atomic E-state index is 0.0217. The first-order valence-electron chi connectivity index (χ1n) is 6.55. The largest absolute Gasteiger partial charge is 0.360 e. The van der Waals surface area contributed by atoms with Crippen LogP contribution in [0, 0.1) is 19.8 Å². The van der Waals surface area contributed by atoms with E-state index in [0.29, 0.717) is 0 Å². The zero-order chi connectivity index (χ0) is 15.6. The van der Waals surface area contributed by atoms with Crippen LogP contribution in [0.2, 0.25) is 0 Å². The van der Waals surface area contributed by atoms with Crippen molar-refractivity contribution in [2.24, 2.45) is 11.7 Å². The van der Waals surface area contributed by atoms with Gasteiger partial charge in [-0.1, -0.05) is 5.16 Å². The van der Waals surface area contributed by atoms with Crippen LogP contribution in [0.15, 0.2) is 9.42 Å². The zero-order valence-corrected chi connectivity index (χ0v) is 13.3. The molecule has 0 saturated carbocycles. The molecular formula is C11H17N3O5S2. The lowest BCUT2D eigenvalue weighted by Crippen LogP contribution is -2.36. The van der Waals surface area contributed by atoms with Gasteiger partial charge in [-0.25, -0.2) is 16.8 Å². The Hall–Kier alpha value is -0.970. The number of aromatic nitrogens is 1. The van der Waals surface area contributed by atoms with E-state index in [9.17, 15) is 16.8 Å². The molecule has 10 heteroatoms. The first kappa shape index (κ1) is 14.9. The summed E-state index contributed by atoms with van der Waals surface area (Å²) >= 11 is 0. The molecule has 2 fully saturated rings. The molecule has 2 N–H and O–H groups in total. The monoisotopic (exact) mass is 335 g/mol. The average molecular weight is 335 g/mol. The van der Waals surface area contributed by atoms with Gasteiger partial charge >= 0.3 is 0 Å². The molecule has 21 heavy (non-hydrogen) atoms. The van der Waals surface area contributed by atoms with E-state index in [4.69, 9.17) is 10.3 Å². The van der Waals surface area contributed by atoms with Crippen molar-refractivity contribution in [2.75, 3.05) is 18.8 Å². The first-order valence-corrected chi connectivity index (χ1v) is 9.70. The van der Waals surface area contributed by atoms with E-state index in [2.05, 4.69) is 5.16 Å². The number of hydrogen-bond acceptors (Lipinski definition) is 7. The molecule has 0 radical (unpaired) electrons. The van der Waals surface area contributed by atoms with Crippen molar-refractivity contribution < 1.29 is 21.4 Å². The predicted octanol–water partition coefficient (Wildman–Crippen LogP) is -0.964. The highest BCUT2D eigenvalue weighted by Crippen LogP contribution is 2.36. The fraction of sp³-hybridized carbons (Fsp3) is 0.727. The maximum Gasteiger partial charge on any atom is 0.248 e. The molecule has 3 atom stereocenters. The normalized spacial score (nSPS) is 32.4. The van der Waals surface area contributed by atoms with Gasteiger partial charge in [-0.15, -0.1) is 0 Å². The Kier molecular flexibility index (Phi) is 3.21. The van der Waals surface area contributed by atoms with Crippen molar-refractivity contribution in [3.05, 3.63) is 11.5 Å². The molecule has 2 saturated heterocycles. The van der Waals surface area contributed by atoms with E-state index < -0.39 is 31.2 Å². The molecule has 1 aromatic heterocycles. The maximum atomic E-state index is 12.7. The standard InChI is InChI=1S/C11H17N3O5S2/c1-6-11(7(2)19-13-6)21(17,18)14-3-8-9(12)5-20(15,16)10(8)4-14/h8-10H,3-5,12H2,1-2H3/t8-,9+,10-/m0/s1. The third-order valence-electron chi connectivity index (χ3n) is 4.28. The van der Waals surface area contributed by atoms with Crippen LogP contribution in [-0.4, -0.2) is 56.4 Å². The Morgan fingerprint density at radius 2 is 2.00 bits per heavy atom. The van der Waals surface area contributed by atoms with Crippen molar-refractivity contribution >= 4 is 19.9 Å². The fourth-order valence-corrected chi connectivity index (χ4v) is 7.39. The minimum atomic E-state index is -3.82. The second-order valence-corrected chi connectivity index (χ2v) is 9.81. The van der Waals surface area contributed by atoms with Gasteiger partial charge in [0.2, 0.25) is 10.0 Å². The molecular weight excluding hydrogens is 318 g/mol. The third kappa shape index (κ3) is 2.12. The first-order chi connectivity index (χ1) is 9.64. The second kappa shape index (κ2) is 4.51. The number of aryl methyl sites for hydroxylation is 2. The number of sulfone groups is 1. The topological polar surface area (TPSA) is 124 Å². The van der Waals surface area contributed by atoms with Gasteiger partial charge in [0.05, 0.1) is 11.0 Å². The Labute approximate surface area is 123 Å². The van der Waals surface area contributed by atoms with Crippen LogP contribution in [0.3, 0.4) is 0 Å². The number of nitrogens with zero attached hydrogens (tertiary/aromatic N) is 2. The summed E-state index contributed by atoms with van der Waals surface area (Å²) < 4.78 is 55.5. The maximum absolute atomic E-state index is 12.7. The van der Waals surface area contributed by atoms with E-state index >= 15 is 0 Å². The Balaban J connectivity index is 1.97. The van der Waals surface area contributed by atoms with Crippen molar-refractivity contribution in [3.63, 3.8) is 0 Å². The smallest absolute Gasteiger partial charge is 0.248 e. The number of sulfonamides is 1. The molecule has 8 nitrogen and oxygen atoms in total. The molecule has 1 aromatic rings. The molecule has 2 aliphatic heterocycles. The Morgan fingerprint density at radius 1 is 1.33 bits per heavy atom. The van der Waals surface area contributed by atoms with Gasteiger partial charge in [-0.3, -0.25) is 0 Å². The summed E-state index contributed by atoms with van der Waals surface area (Å²) in [5, 5.41) is 2.94. The molecule has 0 aliphatic carbocycles. The van der Waals surface area contributed by atoms with Gasteiger partial charge in [0, 0.05) is 25.0 Å². The zero-order valence-electron chi connectivity index (χ0n) is 11.7. The third-order valence-corrected chi connectivity index (χ3v) is 8.62. The summed E-state index contributed by atoms with van der Waals surface area (Å²) in [5.41, 5.74) is 6.12. The molecule has 118 valence electrons. The van der Waals surface area contributed by atoms with Gasteiger partial charge in [0.15, 0.2) is 15.6 Å². The molecule has 3 heterocycles. The molecule has 0 bridgehead atoms. The fourth-order valence-electron chi connectivity index (χ4n) is 3.24. The molecule has 0 amide bonds. The minimum Gasteiger partial charge on any atom is -0.360 e. The van der Waals surface area contributed by atoms with Crippen LogP contribution in [0.25, 0.3) is 0 Å². The van der Waals surface area contributed by atoms with Crippen LogP contribution in [0.1, 0.15) is 11.5 Å². The SMILES string of the molecule is Cc1noc(C)c1S(=O)(=O)N1C[C@H]2[C@H](N)CS(=O)(=O)[C@H]2C1. The van der Waals surface area contributed by atoms with Crippen LogP contribution in [0.5, 0.6) is 0 Å². The molecule has 3 rings (SSSR count). The van der Waals surface area contributed by atoms with Crippen LogP contribution >= 0.6 is 0 Å². The van der Waals surface area contributed by atoms with Crippen LogP contribution in [-0.2, 0) is 19.9 Å². The summed E-state index contributed by atoms with van der Waals surface area (Å²) in [6, 6.07) is -0.509. The van der Waals surface area contributed by atoms with Crippen molar-refractivity contribution in [1.29, 1.82) is 0 Å². The second-order valence-electron chi connectivity index (χ2n) is 5.67. The van der Waals surface area contributed by atoms with Crippen LogP contribution in [0.4, 0.5) is 0 Å². The van der Waals surface area contributed by atoms with E-state index in [1.807, 2.05) is 0 Å². The summed E-state index contributed by atoms with van der Waals surface area (Å²) in [5.74, 6) is -0.205. The lowest BCUT2D eigenvalue weighted by molar-refractivity contribution is 0.389. The number of fused-ring (bicyclic) bond motifs is 1. The van der Waals surface area contributed by atoms with Crippen molar-refractivity contribution in [1.82, 2.24) is 9.46 Å². The van der Waals surface area contributed by atoms with Crippen LogP contribution < -0.4 is 5.73 Å². The predicted molar refractivity (Wildman–Crippen MR) is 73.8 cm³/mol. The highest BCUT2D eigenvalue weighted by atomic mass is 32.2. The lowest BCUT2D eigenvalue weighted by Gasteiger charge is -2.18. The highest BCUT2D eigenvalue weighted by Gasteiger charge is 2.53. The highest BCUT2D eigenvalue weighted by molar-refractivity contribution is 7.92. The number of rotatable bonds is 2. The van der Waals surface area contributed by atoms with E-state index in [1.165, 1.54) is 11.2 Å². The summed E-state index contributed by atoms with van der Waals surface area (Å²) in [6.45, 7) is 3.14. The average Bonchev–Trinajstić information content (AvgIpc) is 2.98. The van der Waals surface area contributed by atoms with E-state index in [0.717, 1.165) is 0 Å². The van der Waals surface area contributed by atoms with Crippen molar-refractivity contribution in [3.8, 4) is 0 Å². The van der Waals surface area contributed by atoms with Gasteiger partial charge in [-0.2, -0.15) is 4.31 Å². The Bertz CT molecular complexity index is 763. The van der Waals surface area contributed by atoms with Crippen molar-refractivity contribution in [2.45, 2.75) is 30.0 Å². The molecule has 0 unspecified atom stereocenters. The summed E-state index contributed by atoms with van der Waals surface area (Å²) in [6.07, 6.45) is 0. The molecule has 2 aliphatic rings. The molecule has 0 aromatic carbocycles. The van der Waals surface area contributed by atoms with Gasteiger partial charge in [0.25, 0.3) is 0 Å². The van der Waals surface area contributed by atoms with Gasteiger partial charge in [-0.05, 0) is 13.8 Å². The van der Waals surface area contributed by atoms with E-state index in [1.54, 1.807) is 6.92 Å². The number of hydrogen-bond donors (Lipinski definition) is 1. The number of nitrogens with two attached hydrogens (primary N) is 1. The van der Waals surface area contributed by atoms with Gasteiger partial charge < -0.3 is 10.3 Å². The molecule has 0 spiro atoms.